The number of likely N-dealkylation sites (tertiary alicyclic amines) is 1. The fraction of sp³-hybridized carbons (Fsp3) is 0.625. The van der Waals surface area contributed by atoms with Crippen LogP contribution in [-0.4, -0.2) is 51.0 Å². The molecule has 1 fully saturated rings. The van der Waals surface area contributed by atoms with Gasteiger partial charge in [-0.05, 0) is 44.0 Å². The lowest BCUT2D eigenvalue weighted by molar-refractivity contribution is -0.386. The molecular weight excluding hydrogens is 346 g/mol. The monoisotopic (exact) mass is 371 g/mol. The Balaban J connectivity index is 2.18. The average Bonchev–Trinajstić information content (AvgIpc) is 3.08. The van der Waals surface area contributed by atoms with Gasteiger partial charge in [0.15, 0.2) is 5.75 Å². The van der Waals surface area contributed by atoms with Gasteiger partial charge in [0.1, 0.15) is 0 Å². The summed E-state index contributed by atoms with van der Waals surface area (Å²) in [7, 11) is -2.53. The van der Waals surface area contributed by atoms with E-state index in [4.69, 9.17) is 4.74 Å². The minimum atomic E-state index is -3.84. The van der Waals surface area contributed by atoms with Crippen molar-refractivity contribution < 1.29 is 18.1 Å². The van der Waals surface area contributed by atoms with Gasteiger partial charge >= 0.3 is 5.69 Å². The van der Waals surface area contributed by atoms with Crippen molar-refractivity contribution in [2.45, 2.75) is 37.6 Å². The number of nitro groups is 1. The van der Waals surface area contributed by atoms with Gasteiger partial charge in [-0.15, -0.1) is 0 Å². The first-order chi connectivity index (χ1) is 11.8. The van der Waals surface area contributed by atoms with Crippen LogP contribution in [0.15, 0.2) is 23.1 Å². The summed E-state index contributed by atoms with van der Waals surface area (Å²) < 4.78 is 32.6. The Kier molecular flexibility index (Phi) is 6.36. The third-order valence-corrected chi connectivity index (χ3v) is 5.94. The smallest absolute Gasteiger partial charge is 0.312 e. The van der Waals surface area contributed by atoms with E-state index in [-0.39, 0.29) is 28.9 Å². The van der Waals surface area contributed by atoms with Crippen molar-refractivity contribution in [2.24, 2.45) is 5.92 Å². The SMILES string of the molecule is COc1ccc(S(=O)(=O)NCC(C(C)C)N2CCCC2)cc1[N+](=O)[O-]. The lowest BCUT2D eigenvalue weighted by Gasteiger charge is -2.30. The van der Waals surface area contributed by atoms with Gasteiger partial charge in [0.25, 0.3) is 0 Å². The van der Waals surface area contributed by atoms with Gasteiger partial charge < -0.3 is 4.74 Å². The van der Waals surface area contributed by atoms with E-state index in [0.717, 1.165) is 32.0 Å². The molecule has 0 spiro atoms. The minimum Gasteiger partial charge on any atom is -0.490 e. The molecule has 2 rings (SSSR count). The van der Waals surface area contributed by atoms with Gasteiger partial charge in [-0.1, -0.05) is 13.8 Å². The number of rotatable bonds is 8. The topological polar surface area (TPSA) is 102 Å². The van der Waals surface area contributed by atoms with Crippen molar-refractivity contribution in [2.75, 3.05) is 26.7 Å². The second kappa shape index (κ2) is 8.11. The maximum atomic E-state index is 12.6. The van der Waals surface area contributed by atoms with Crippen molar-refractivity contribution >= 4 is 15.7 Å². The van der Waals surface area contributed by atoms with Crippen LogP contribution in [-0.2, 0) is 10.0 Å². The summed E-state index contributed by atoms with van der Waals surface area (Å²) in [6.07, 6.45) is 2.25. The largest absolute Gasteiger partial charge is 0.490 e. The number of sulfonamides is 1. The molecule has 0 aliphatic carbocycles. The molecule has 1 aromatic rings. The predicted octanol–water partition coefficient (Wildman–Crippen LogP) is 2.00. The van der Waals surface area contributed by atoms with E-state index in [0.29, 0.717) is 5.92 Å². The average molecular weight is 371 g/mol. The lowest BCUT2D eigenvalue weighted by Crippen LogP contribution is -2.45. The third-order valence-electron chi connectivity index (χ3n) is 4.52. The molecule has 1 atom stereocenters. The minimum absolute atomic E-state index is 0.0288. The number of nitro benzene ring substituents is 1. The van der Waals surface area contributed by atoms with E-state index in [2.05, 4.69) is 23.5 Å². The van der Waals surface area contributed by atoms with Crippen molar-refractivity contribution in [1.29, 1.82) is 0 Å². The maximum absolute atomic E-state index is 12.6. The summed E-state index contributed by atoms with van der Waals surface area (Å²) in [6, 6.07) is 3.74. The highest BCUT2D eigenvalue weighted by Crippen LogP contribution is 2.29. The molecule has 0 bridgehead atoms. The summed E-state index contributed by atoms with van der Waals surface area (Å²) in [6.45, 7) is 6.35. The van der Waals surface area contributed by atoms with E-state index in [9.17, 15) is 18.5 Å². The van der Waals surface area contributed by atoms with Crippen molar-refractivity contribution in [3.05, 3.63) is 28.3 Å². The van der Waals surface area contributed by atoms with Crippen LogP contribution in [0.1, 0.15) is 26.7 Å². The molecule has 1 unspecified atom stereocenters. The zero-order valence-corrected chi connectivity index (χ0v) is 15.6. The van der Waals surface area contributed by atoms with E-state index in [1.807, 2.05) is 0 Å². The summed E-state index contributed by atoms with van der Waals surface area (Å²) in [5.41, 5.74) is -0.370. The molecule has 1 N–H and O–H groups in total. The van der Waals surface area contributed by atoms with Gasteiger partial charge in [0, 0.05) is 18.7 Å². The number of hydrogen-bond donors (Lipinski definition) is 1. The highest BCUT2D eigenvalue weighted by atomic mass is 32.2. The molecule has 140 valence electrons. The normalized spacial score (nSPS) is 17.0. The van der Waals surface area contributed by atoms with E-state index < -0.39 is 14.9 Å². The number of benzene rings is 1. The Hall–Kier alpha value is -1.71. The standard InChI is InChI=1S/C16H25N3O5S/c1-12(2)15(18-8-4-5-9-18)11-17-25(22,23)13-6-7-16(24-3)14(10-13)19(20)21/h6-7,10,12,15,17H,4-5,8-9,11H2,1-3H3. The summed E-state index contributed by atoms with van der Waals surface area (Å²) in [4.78, 5) is 12.6. The first-order valence-electron chi connectivity index (χ1n) is 8.32. The fourth-order valence-corrected chi connectivity index (χ4v) is 4.19. The summed E-state index contributed by atoms with van der Waals surface area (Å²) >= 11 is 0. The Labute approximate surface area is 148 Å². The van der Waals surface area contributed by atoms with E-state index in [1.165, 1.54) is 19.2 Å². The van der Waals surface area contributed by atoms with Crippen LogP contribution in [0.5, 0.6) is 5.75 Å². The van der Waals surface area contributed by atoms with E-state index >= 15 is 0 Å². The first kappa shape index (κ1) is 19.6. The van der Waals surface area contributed by atoms with Crippen LogP contribution < -0.4 is 9.46 Å². The zero-order valence-electron chi connectivity index (χ0n) is 14.8. The van der Waals surface area contributed by atoms with Gasteiger partial charge in [-0.2, -0.15) is 0 Å². The summed E-state index contributed by atoms with van der Waals surface area (Å²) in [5.74, 6) is 0.326. The number of methoxy groups -OCH3 is 1. The Morgan fingerprint density at radius 1 is 1.32 bits per heavy atom. The second-order valence-corrected chi connectivity index (χ2v) is 8.26. The van der Waals surface area contributed by atoms with Crippen LogP contribution in [0.2, 0.25) is 0 Å². The predicted molar refractivity (Wildman–Crippen MR) is 94.3 cm³/mol. The van der Waals surface area contributed by atoms with Crippen LogP contribution in [0, 0.1) is 16.0 Å². The molecular formula is C16H25N3O5S. The number of nitrogens with zero attached hydrogens (tertiary/aromatic N) is 2. The van der Waals surface area contributed by atoms with Crippen molar-refractivity contribution in [1.82, 2.24) is 9.62 Å². The zero-order chi connectivity index (χ0) is 18.6. The Bertz CT molecular complexity index is 714. The van der Waals surface area contributed by atoms with Gasteiger partial charge in [-0.3, -0.25) is 15.0 Å². The molecule has 1 aliphatic heterocycles. The highest BCUT2D eigenvalue weighted by molar-refractivity contribution is 7.89. The van der Waals surface area contributed by atoms with Gasteiger partial charge in [-0.25, -0.2) is 13.1 Å². The highest BCUT2D eigenvalue weighted by Gasteiger charge is 2.27. The fourth-order valence-electron chi connectivity index (χ4n) is 3.12. The summed E-state index contributed by atoms with van der Waals surface area (Å²) in [5, 5.41) is 11.1. The number of hydrogen-bond acceptors (Lipinski definition) is 6. The van der Waals surface area contributed by atoms with Crippen LogP contribution >= 0.6 is 0 Å². The molecule has 8 nitrogen and oxygen atoms in total. The molecule has 1 saturated heterocycles. The first-order valence-corrected chi connectivity index (χ1v) is 9.80. The Morgan fingerprint density at radius 3 is 2.48 bits per heavy atom. The second-order valence-electron chi connectivity index (χ2n) is 6.50. The quantitative estimate of drug-likeness (QED) is 0.554. The molecule has 9 heteroatoms. The molecule has 1 aromatic carbocycles. The Morgan fingerprint density at radius 2 is 1.96 bits per heavy atom. The lowest BCUT2D eigenvalue weighted by atomic mass is 10.0. The van der Waals surface area contributed by atoms with Gasteiger partial charge in [0.2, 0.25) is 10.0 Å². The van der Waals surface area contributed by atoms with Gasteiger partial charge in [0.05, 0.1) is 16.9 Å². The molecule has 0 aromatic heterocycles. The van der Waals surface area contributed by atoms with Crippen LogP contribution in [0.4, 0.5) is 5.69 Å². The van der Waals surface area contributed by atoms with Crippen molar-refractivity contribution in [3.8, 4) is 5.75 Å². The molecule has 1 heterocycles. The molecule has 0 radical (unpaired) electrons. The third kappa shape index (κ3) is 4.68. The van der Waals surface area contributed by atoms with Crippen LogP contribution in [0.25, 0.3) is 0 Å². The van der Waals surface area contributed by atoms with Crippen molar-refractivity contribution in [3.63, 3.8) is 0 Å². The molecule has 0 amide bonds. The molecule has 0 saturated carbocycles. The number of nitrogens with one attached hydrogen (secondary N) is 1. The van der Waals surface area contributed by atoms with E-state index in [1.54, 1.807) is 0 Å². The maximum Gasteiger partial charge on any atom is 0.312 e. The molecule has 1 aliphatic rings. The number of ether oxygens (including phenoxy) is 1. The van der Waals surface area contributed by atoms with Crippen LogP contribution in [0.3, 0.4) is 0 Å². The molecule has 25 heavy (non-hydrogen) atoms.